The van der Waals surface area contributed by atoms with Gasteiger partial charge in [-0.2, -0.15) is 15.5 Å². The van der Waals surface area contributed by atoms with Crippen molar-refractivity contribution >= 4 is 38.6 Å². The first-order valence-corrected chi connectivity index (χ1v) is 17.0. The summed E-state index contributed by atoms with van der Waals surface area (Å²) in [6, 6.07) is 6.06. The van der Waals surface area contributed by atoms with E-state index in [9.17, 15) is 10.1 Å². The lowest BCUT2D eigenvalue weighted by molar-refractivity contribution is -0.129. The zero-order valence-corrected chi connectivity index (χ0v) is 28.9. The summed E-state index contributed by atoms with van der Waals surface area (Å²) in [6.45, 7) is 11.1. The van der Waals surface area contributed by atoms with Crippen LogP contribution in [0.3, 0.4) is 0 Å². The Morgan fingerprint density at radius 2 is 1.94 bits per heavy atom. The second kappa shape index (κ2) is 12.8. The van der Waals surface area contributed by atoms with Crippen LogP contribution in [0.25, 0.3) is 43.8 Å². The number of likely N-dealkylation sites (tertiary alicyclic amines) is 2. The number of hydrogen-bond acceptors (Lipinski definition) is 7. The van der Waals surface area contributed by atoms with Gasteiger partial charge in [0.1, 0.15) is 11.6 Å². The number of H-pyrrole nitrogens is 1. The molecule has 1 amide bonds. The van der Waals surface area contributed by atoms with Crippen LogP contribution in [-0.2, 0) is 4.79 Å². The molecule has 7 rings (SSSR count). The summed E-state index contributed by atoms with van der Waals surface area (Å²) in [6.07, 6.45) is 6.76. The Morgan fingerprint density at radius 1 is 1.12 bits per heavy atom. The first kappa shape index (κ1) is 32.5. The minimum Gasteiger partial charge on any atom is -0.472 e. The molecule has 2 aromatic carbocycles. The maximum atomic E-state index is 17.3. The third kappa shape index (κ3) is 5.47. The molecule has 2 aliphatic heterocycles. The fraction of sp³-hybridized carbons (Fsp3) is 0.447. The highest BCUT2D eigenvalue weighted by Crippen LogP contribution is 2.43. The number of hydrogen-bond donors (Lipinski definition) is 1. The van der Waals surface area contributed by atoms with E-state index in [0.29, 0.717) is 41.6 Å². The third-order valence-corrected chi connectivity index (χ3v) is 10.7. The van der Waals surface area contributed by atoms with Crippen molar-refractivity contribution in [2.45, 2.75) is 91.0 Å². The van der Waals surface area contributed by atoms with Gasteiger partial charge in [0.2, 0.25) is 5.88 Å². The average Bonchev–Trinajstić information content (AvgIpc) is 3.84. The molecule has 5 aromatic rings. The summed E-state index contributed by atoms with van der Waals surface area (Å²) in [5, 5.41) is 24.1. The molecule has 10 nitrogen and oxygen atoms in total. The number of nitrogens with zero attached hydrogens (tertiary/aromatic N) is 7. The SMILES string of the molecule is CC#CC(=O)N1CC[C@H](n2ncc3c(O[C@@H](C)[C@@H]4CCCN4C)nc4c(F)c(-c5c(C)c(C)cc6[nH]ncc56)c(C)cc4c32)C[C@H]1CC#N. The Labute approximate surface area is 285 Å². The van der Waals surface area contributed by atoms with E-state index >= 15 is 4.39 Å². The number of carbonyl (C=O) groups excluding carboxylic acids is 1. The molecule has 5 heterocycles. The number of ether oxygens (including phenoxy) is 1. The number of halogens is 1. The van der Waals surface area contributed by atoms with Crippen LogP contribution < -0.4 is 4.74 Å². The van der Waals surface area contributed by atoms with Crippen LogP contribution in [0.5, 0.6) is 5.88 Å². The lowest BCUT2D eigenvalue weighted by Crippen LogP contribution is -2.46. The van der Waals surface area contributed by atoms with Crippen LogP contribution in [0.15, 0.2) is 24.5 Å². The number of fused-ring (bicyclic) bond motifs is 4. The standard InChI is InChI=1S/C38H41FN8O2/c1-7-9-32(48)46-15-12-26(18-25(46)11-13-40)47-37-27-16-22(3)33(34-23(4)21(2)17-30-28(34)19-41-44-30)35(39)36(27)43-38(29(37)20-42-47)49-24(5)31-10-8-14-45(31)6/h16-17,19-20,24-26,31H,8,10-12,14-15,18H2,1-6H3,(H,41,44)/t24-,25+,26-,31-/m0/s1. The summed E-state index contributed by atoms with van der Waals surface area (Å²) < 4.78 is 25.9. The van der Waals surface area contributed by atoms with Crippen molar-refractivity contribution in [2.75, 3.05) is 20.1 Å². The number of nitrogens with one attached hydrogen (secondary N) is 1. The lowest BCUT2D eigenvalue weighted by Gasteiger charge is -2.37. The van der Waals surface area contributed by atoms with Gasteiger partial charge in [0.25, 0.3) is 5.91 Å². The van der Waals surface area contributed by atoms with Gasteiger partial charge in [0.05, 0.1) is 47.3 Å². The van der Waals surface area contributed by atoms with Crippen molar-refractivity contribution in [1.29, 1.82) is 5.26 Å². The maximum Gasteiger partial charge on any atom is 0.298 e. The topological polar surface area (TPSA) is 116 Å². The second-order valence-electron chi connectivity index (χ2n) is 13.7. The molecule has 2 saturated heterocycles. The first-order chi connectivity index (χ1) is 23.6. The molecule has 0 saturated carbocycles. The molecule has 3 aromatic heterocycles. The maximum absolute atomic E-state index is 17.3. The van der Waals surface area contributed by atoms with Gasteiger partial charge in [0, 0.05) is 35.0 Å². The van der Waals surface area contributed by atoms with Crippen LogP contribution in [0, 0.1) is 49.8 Å². The molecule has 0 bridgehead atoms. The molecule has 11 heteroatoms. The molecule has 0 aliphatic carbocycles. The molecular formula is C38H41FN8O2. The van der Waals surface area contributed by atoms with Gasteiger partial charge in [0.15, 0.2) is 5.82 Å². The summed E-state index contributed by atoms with van der Waals surface area (Å²) in [5.74, 6) is 4.99. The molecule has 0 unspecified atom stereocenters. The molecule has 49 heavy (non-hydrogen) atoms. The zero-order chi connectivity index (χ0) is 34.6. The number of benzene rings is 2. The van der Waals surface area contributed by atoms with Gasteiger partial charge in [-0.15, -0.1) is 0 Å². The number of carbonyl (C=O) groups is 1. The van der Waals surface area contributed by atoms with E-state index in [1.807, 2.05) is 37.6 Å². The number of aromatic nitrogens is 5. The summed E-state index contributed by atoms with van der Waals surface area (Å²) in [7, 11) is 2.11. The predicted octanol–water partition coefficient (Wildman–Crippen LogP) is 6.52. The van der Waals surface area contributed by atoms with Gasteiger partial charge in [-0.05, 0) is 114 Å². The monoisotopic (exact) mass is 660 g/mol. The van der Waals surface area contributed by atoms with Crippen molar-refractivity contribution in [3.8, 4) is 34.9 Å². The minimum atomic E-state index is -0.419. The number of pyridine rings is 1. The molecule has 0 spiro atoms. The second-order valence-corrected chi connectivity index (χ2v) is 13.7. The highest BCUT2D eigenvalue weighted by Gasteiger charge is 2.35. The number of aryl methyl sites for hydroxylation is 2. The fourth-order valence-electron chi connectivity index (χ4n) is 8.11. The highest BCUT2D eigenvalue weighted by atomic mass is 19.1. The highest BCUT2D eigenvalue weighted by molar-refractivity contribution is 6.09. The predicted molar refractivity (Wildman–Crippen MR) is 187 cm³/mol. The molecule has 1 N–H and O–H groups in total. The molecule has 4 atom stereocenters. The van der Waals surface area contributed by atoms with Crippen LogP contribution in [-0.4, -0.2) is 79.0 Å². The molecule has 2 aliphatic rings. The van der Waals surface area contributed by atoms with Crippen molar-refractivity contribution < 1.29 is 13.9 Å². The van der Waals surface area contributed by atoms with Crippen molar-refractivity contribution in [3.63, 3.8) is 0 Å². The number of aromatic amines is 1. The van der Waals surface area contributed by atoms with E-state index in [1.165, 1.54) is 0 Å². The Morgan fingerprint density at radius 3 is 2.67 bits per heavy atom. The van der Waals surface area contributed by atoms with Gasteiger partial charge in [-0.3, -0.25) is 19.5 Å². The molecule has 0 radical (unpaired) electrons. The quantitative estimate of drug-likeness (QED) is 0.206. The fourth-order valence-corrected chi connectivity index (χ4v) is 8.11. The van der Waals surface area contributed by atoms with Crippen molar-refractivity contribution in [3.05, 3.63) is 47.0 Å². The smallest absolute Gasteiger partial charge is 0.298 e. The largest absolute Gasteiger partial charge is 0.472 e. The number of nitriles is 1. The van der Waals surface area contributed by atoms with E-state index in [4.69, 9.17) is 14.8 Å². The minimum absolute atomic E-state index is 0.140. The Bertz CT molecular complexity index is 2220. The molecule has 2 fully saturated rings. The summed E-state index contributed by atoms with van der Waals surface area (Å²) in [5.41, 5.74) is 5.88. The summed E-state index contributed by atoms with van der Waals surface area (Å²) >= 11 is 0. The number of amides is 1. The van der Waals surface area contributed by atoms with E-state index in [0.717, 1.165) is 58.1 Å². The zero-order valence-electron chi connectivity index (χ0n) is 28.9. The van der Waals surface area contributed by atoms with Crippen LogP contribution in [0.4, 0.5) is 4.39 Å². The van der Waals surface area contributed by atoms with Crippen LogP contribution in [0.2, 0.25) is 0 Å². The molecule has 252 valence electrons. The Hall–Kier alpha value is -5.00. The van der Waals surface area contributed by atoms with Gasteiger partial charge >= 0.3 is 0 Å². The first-order valence-electron chi connectivity index (χ1n) is 17.0. The number of rotatable bonds is 6. The van der Waals surface area contributed by atoms with E-state index in [2.05, 4.69) is 47.0 Å². The number of likely N-dealkylation sites (N-methyl/N-ethyl adjacent to an activating group) is 1. The molecular weight excluding hydrogens is 619 g/mol. The Kier molecular flexibility index (Phi) is 8.50. The van der Waals surface area contributed by atoms with E-state index in [-0.39, 0.29) is 42.1 Å². The van der Waals surface area contributed by atoms with Crippen molar-refractivity contribution in [2.24, 2.45) is 0 Å². The van der Waals surface area contributed by atoms with E-state index in [1.54, 1.807) is 24.2 Å². The number of piperidine rings is 1. The normalized spacial score (nSPS) is 20.4. The lowest BCUT2D eigenvalue weighted by atomic mass is 9.89. The van der Waals surface area contributed by atoms with Crippen molar-refractivity contribution in [1.82, 2.24) is 34.8 Å². The van der Waals surface area contributed by atoms with E-state index < -0.39 is 5.82 Å². The average molecular weight is 661 g/mol. The summed E-state index contributed by atoms with van der Waals surface area (Å²) in [4.78, 5) is 21.8. The van der Waals surface area contributed by atoms with Crippen LogP contribution >= 0.6 is 0 Å². The third-order valence-electron chi connectivity index (χ3n) is 10.7. The Balaban J connectivity index is 1.43. The van der Waals surface area contributed by atoms with Gasteiger partial charge < -0.3 is 9.64 Å². The van der Waals surface area contributed by atoms with Gasteiger partial charge in [-0.25, -0.2) is 9.37 Å². The van der Waals surface area contributed by atoms with Crippen LogP contribution in [0.1, 0.15) is 68.7 Å². The van der Waals surface area contributed by atoms with Gasteiger partial charge in [-0.1, -0.05) is 5.92 Å².